The Hall–Kier alpha value is -4.96. The number of aromatic nitrogens is 4. The zero-order chi connectivity index (χ0) is 28.5. The van der Waals surface area contributed by atoms with E-state index < -0.39 is 0 Å². The van der Waals surface area contributed by atoms with Gasteiger partial charge < -0.3 is 9.97 Å². The summed E-state index contributed by atoms with van der Waals surface area (Å²) in [6.07, 6.45) is 14.5. The van der Waals surface area contributed by atoms with E-state index in [-0.39, 0.29) is 0 Å². The molecule has 0 amide bonds. The first-order chi connectivity index (χ1) is 21.8. The third-order valence-electron chi connectivity index (χ3n) is 11.1. The first-order valence-corrected chi connectivity index (χ1v) is 16.1. The Morgan fingerprint density at radius 1 is 0.409 bits per heavy atom. The highest BCUT2D eigenvalue weighted by atomic mass is 14.8. The SMILES string of the molecule is C1=C[C@H]2CC[C@@H]1c1c2c2cc3nc(cc4[nH]c(cc5nc(cc1[nH]2)-c1ccccc1-5)c1c4[C@@H]2C=C[C@H]1CC2)-c1ccccc1-3. The summed E-state index contributed by atoms with van der Waals surface area (Å²) in [6.45, 7) is 0. The summed E-state index contributed by atoms with van der Waals surface area (Å²) >= 11 is 0. The molecular weight excluding hydrogens is 536 g/mol. The number of fused-ring (bicyclic) bond motifs is 16. The number of benzene rings is 2. The van der Waals surface area contributed by atoms with Crippen molar-refractivity contribution in [2.75, 3.05) is 0 Å². The van der Waals surface area contributed by atoms with E-state index in [0.29, 0.717) is 23.7 Å². The van der Waals surface area contributed by atoms with Crippen LogP contribution in [-0.4, -0.2) is 19.9 Å². The normalized spacial score (nSPS) is 22.9. The zero-order valence-electron chi connectivity index (χ0n) is 24.3. The highest BCUT2D eigenvalue weighted by Gasteiger charge is 2.35. The van der Waals surface area contributed by atoms with Crippen LogP contribution in [0.4, 0.5) is 0 Å². The monoisotopic (exact) mass is 566 g/mol. The summed E-state index contributed by atoms with van der Waals surface area (Å²) in [6, 6.07) is 26.7. The minimum absolute atomic E-state index is 0.439. The van der Waals surface area contributed by atoms with Crippen molar-refractivity contribution in [1.82, 2.24) is 19.9 Å². The molecule has 3 aromatic heterocycles. The summed E-state index contributed by atoms with van der Waals surface area (Å²) in [5.74, 6) is 1.76. The van der Waals surface area contributed by atoms with Gasteiger partial charge in [0.2, 0.25) is 0 Å². The number of nitrogens with zero attached hydrogens (tertiary/aromatic N) is 2. The summed E-state index contributed by atoms with van der Waals surface area (Å²) in [7, 11) is 0. The smallest absolute Gasteiger partial charge is 0.0737 e. The second kappa shape index (κ2) is 8.35. The van der Waals surface area contributed by atoms with Crippen molar-refractivity contribution in [3.63, 3.8) is 0 Å². The Kier molecular flexibility index (Phi) is 4.46. The van der Waals surface area contributed by atoms with Crippen molar-refractivity contribution < 1.29 is 0 Å². The van der Waals surface area contributed by atoms with Crippen LogP contribution in [0.2, 0.25) is 0 Å². The Bertz CT molecular complexity index is 2010. The number of hydrogen-bond donors (Lipinski definition) is 2. The Balaban J connectivity index is 1.32. The number of aromatic amines is 2. The molecule has 4 atom stereocenters. The van der Waals surface area contributed by atoms with Crippen molar-refractivity contribution >= 4 is 22.1 Å². The fraction of sp³-hybridized carbons (Fsp3) is 0.200. The van der Waals surface area contributed by atoms with E-state index in [0.717, 1.165) is 22.8 Å². The van der Waals surface area contributed by atoms with Crippen LogP contribution in [0.5, 0.6) is 0 Å². The molecular formula is C40H30N4. The van der Waals surface area contributed by atoms with Gasteiger partial charge in [0, 0.05) is 68.0 Å². The van der Waals surface area contributed by atoms with E-state index in [9.17, 15) is 0 Å². The van der Waals surface area contributed by atoms with Crippen molar-refractivity contribution in [2.45, 2.75) is 49.4 Å². The molecule has 6 aliphatic carbocycles. The summed E-state index contributed by atoms with van der Waals surface area (Å²) in [5.41, 5.74) is 19.5. The Morgan fingerprint density at radius 2 is 0.682 bits per heavy atom. The molecule has 0 spiro atoms. The fourth-order valence-electron chi connectivity index (χ4n) is 9.14. The molecule has 0 unspecified atom stereocenters. The van der Waals surface area contributed by atoms with Gasteiger partial charge >= 0.3 is 0 Å². The molecule has 0 saturated heterocycles. The molecule has 13 rings (SSSR count). The average Bonchev–Trinajstić information content (AvgIpc) is 3.83. The molecule has 4 nitrogen and oxygen atoms in total. The predicted molar refractivity (Wildman–Crippen MR) is 178 cm³/mol. The second-order valence-electron chi connectivity index (χ2n) is 13.3. The Morgan fingerprint density at radius 3 is 0.932 bits per heavy atom. The molecule has 44 heavy (non-hydrogen) atoms. The van der Waals surface area contributed by atoms with Gasteiger partial charge in [0.1, 0.15) is 0 Å². The molecule has 12 bridgehead atoms. The van der Waals surface area contributed by atoms with E-state index >= 15 is 0 Å². The van der Waals surface area contributed by atoms with E-state index in [1.165, 1.54) is 92.3 Å². The lowest BCUT2D eigenvalue weighted by molar-refractivity contribution is 0.562. The topological polar surface area (TPSA) is 57.4 Å². The standard InChI is InChI=1S/C40H30N4/c1-2-6-26-25(5-1)29-17-33-37-21-9-11-23(12-10-21)39(37)35(43-33)19-31-27-7-3-4-8-28(27)32(42-31)20-36-40-24-15-13-22(14-16-24)38(40)34(44-36)18-30(26)41-29/h1-9,11,13,15,17-24,43-44H,10,12,14,16H2/t21-,22+,23+,24-. The number of hydrogen-bond acceptors (Lipinski definition) is 2. The van der Waals surface area contributed by atoms with Crippen molar-refractivity contribution in [3.8, 4) is 45.0 Å². The zero-order valence-corrected chi connectivity index (χ0v) is 24.3. The van der Waals surface area contributed by atoms with Gasteiger partial charge in [-0.3, -0.25) is 0 Å². The van der Waals surface area contributed by atoms with Crippen molar-refractivity contribution in [3.05, 3.63) is 119 Å². The second-order valence-corrected chi connectivity index (χ2v) is 13.3. The maximum absolute atomic E-state index is 5.34. The quantitative estimate of drug-likeness (QED) is 0.180. The molecule has 2 aliphatic heterocycles. The van der Waals surface area contributed by atoms with Crippen LogP contribution < -0.4 is 0 Å². The molecule has 5 aromatic rings. The molecule has 210 valence electrons. The first-order valence-electron chi connectivity index (χ1n) is 16.1. The molecule has 2 N–H and O–H groups in total. The van der Waals surface area contributed by atoms with Gasteiger partial charge in [0.05, 0.1) is 22.8 Å². The lowest BCUT2D eigenvalue weighted by atomic mass is 9.72. The molecule has 0 fully saturated rings. The average molecular weight is 567 g/mol. The molecule has 2 aromatic carbocycles. The van der Waals surface area contributed by atoms with Crippen LogP contribution in [0.25, 0.3) is 67.1 Å². The van der Waals surface area contributed by atoms with Crippen LogP contribution in [-0.2, 0) is 0 Å². The summed E-state index contributed by atoms with van der Waals surface area (Å²) in [4.78, 5) is 18.5. The number of allylic oxidation sites excluding steroid dienone is 4. The fourth-order valence-corrected chi connectivity index (χ4v) is 9.14. The molecule has 4 heteroatoms. The molecule has 0 saturated carbocycles. The number of nitrogens with one attached hydrogen (secondary N) is 2. The van der Waals surface area contributed by atoms with E-state index in [1.807, 2.05) is 0 Å². The molecule has 8 aliphatic rings. The van der Waals surface area contributed by atoms with Crippen LogP contribution in [0, 0.1) is 0 Å². The van der Waals surface area contributed by atoms with Gasteiger partial charge in [-0.1, -0.05) is 72.8 Å². The van der Waals surface area contributed by atoms with Crippen LogP contribution >= 0.6 is 0 Å². The van der Waals surface area contributed by atoms with Gasteiger partial charge in [0.15, 0.2) is 0 Å². The maximum atomic E-state index is 5.34. The van der Waals surface area contributed by atoms with Crippen LogP contribution in [0.3, 0.4) is 0 Å². The van der Waals surface area contributed by atoms with E-state index in [1.54, 1.807) is 0 Å². The summed E-state index contributed by atoms with van der Waals surface area (Å²) in [5, 5.41) is 0. The highest BCUT2D eigenvalue weighted by Crippen LogP contribution is 2.51. The Labute approximate surface area is 255 Å². The van der Waals surface area contributed by atoms with Gasteiger partial charge in [-0.15, -0.1) is 0 Å². The van der Waals surface area contributed by atoms with Gasteiger partial charge in [0.25, 0.3) is 0 Å². The van der Waals surface area contributed by atoms with Crippen LogP contribution in [0.1, 0.15) is 71.6 Å². The predicted octanol–water partition coefficient (Wildman–Crippen LogP) is 10.0. The van der Waals surface area contributed by atoms with Crippen molar-refractivity contribution in [1.29, 1.82) is 0 Å². The third kappa shape index (κ3) is 3.08. The minimum Gasteiger partial charge on any atom is -0.355 e. The largest absolute Gasteiger partial charge is 0.355 e. The minimum atomic E-state index is 0.439. The maximum Gasteiger partial charge on any atom is 0.0737 e. The lowest BCUT2D eigenvalue weighted by Crippen LogP contribution is -2.15. The first kappa shape index (κ1) is 23.5. The van der Waals surface area contributed by atoms with Crippen LogP contribution in [0.15, 0.2) is 97.1 Å². The number of H-pyrrole nitrogens is 2. The van der Waals surface area contributed by atoms with Gasteiger partial charge in [-0.25, -0.2) is 9.97 Å². The van der Waals surface area contributed by atoms with Gasteiger partial charge in [-0.05, 0) is 72.2 Å². The molecule has 5 heterocycles. The van der Waals surface area contributed by atoms with E-state index in [2.05, 4.69) is 107 Å². The highest BCUT2D eigenvalue weighted by molar-refractivity contribution is 5.92. The lowest BCUT2D eigenvalue weighted by Gasteiger charge is -2.31. The van der Waals surface area contributed by atoms with Crippen molar-refractivity contribution in [2.24, 2.45) is 0 Å². The number of rotatable bonds is 0. The molecule has 0 radical (unpaired) electrons. The third-order valence-corrected chi connectivity index (χ3v) is 11.1. The summed E-state index contributed by atoms with van der Waals surface area (Å²) < 4.78 is 0. The van der Waals surface area contributed by atoms with Gasteiger partial charge in [-0.2, -0.15) is 0 Å². The van der Waals surface area contributed by atoms with E-state index in [4.69, 9.17) is 9.97 Å².